The monoisotopic (exact) mass is 289 g/mol. The van der Waals surface area contributed by atoms with Crippen molar-refractivity contribution in [2.75, 3.05) is 26.2 Å². The molecule has 0 spiro atoms. The van der Waals surface area contributed by atoms with E-state index in [1.54, 1.807) is 18.3 Å². The minimum atomic E-state index is -0.364. The molecule has 2 aromatic rings. The lowest BCUT2D eigenvalue weighted by Crippen LogP contribution is -2.34. The predicted molar refractivity (Wildman–Crippen MR) is 77.7 cm³/mol. The van der Waals surface area contributed by atoms with Crippen LogP contribution in [0.1, 0.15) is 24.5 Å². The lowest BCUT2D eigenvalue weighted by Gasteiger charge is -2.17. The van der Waals surface area contributed by atoms with Crippen molar-refractivity contribution in [1.82, 2.24) is 25.3 Å². The fourth-order valence-corrected chi connectivity index (χ4v) is 1.86. The van der Waals surface area contributed by atoms with E-state index in [-0.39, 0.29) is 11.8 Å². The van der Waals surface area contributed by atoms with Gasteiger partial charge in [0.25, 0.3) is 0 Å². The average molecular weight is 289 g/mol. The van der Waals surface area contributed by atoms with Gasteiger partial charge in [0.15, 0.2) is 0 Å². The third-order valence-electron chi connectivity index (χ3n) is 3.12. The molecule has 21 heavy (non-hydrogen) atoms. The van der Waals surface area contributed by atoms with Crippen LogP contribution in [0.3, 0.4) is 0 Å². The van der Waals surface area contributed by atoms with Crippen molar-refractivity contribution in [3.8, 4) is 11.5 Å². The van der Waals surface area contributed by atoms with Gasteiger partial charge in [0, 0.05) is 19.3 Å². The molecule has 7 nitrogen and oxygen atoms in total. The summed E-state index contributed by atoms with van der Waals surface area (Å²) in [5.74, 6) is -0.100. The Morgan fingerprint density at radius 1 is 1.33 bits per heavy atom. The zero-order chi connectivity index (χ0) is 15.1. The molecule has 0 fully saturated rings. The van der Waals surface area contributed by atoms with Gasteiger partial charge < -0.3 is 14.7 Å². The van der Waals surface area contributed by atoms with E-state index in [0.29, 0.717) is 18.1 Å². The van der Waals surface area contributed by atoms with E-state index >= 15 is 0 Å². The Kier molecular flexibility index (Phi) is 5.39. The highest BCUT2D eigenvalue weighted by Crippen LogP contribution is 2.11. The topological polar surface area (TPSA) is 84.2 Å². The number of likely N-dealkylation sites (N-methyl/N-ethyl adjacent to an activating group) is 1. The Hall–Kier alpha value is -2.28. The number of pyridine rings is 1. The van der Waals surface area contributed by atoms with Crippen molar-refractivity contribution in [3.63, 3.8) is 0 Å². The van der Waals surface area contributed by atoms with Crippen molar-refractivity contribution >= 4 is 5.91 Å². The molecular formula is C14H19N5O2. The standard InChI is InChI=1S/C14H19N5O2/c1-3-19(4-2)10-9-16-13(20)14-17-12(18-21-14)11-7-5-6-8-15-11/h5-8H,3-4,9-10H2,1-2H3,(H,16,20). The van der Waals surface area contributed by atoms with Crippen molar-refractivity contribution in [3.05, 3.63) is 30.3 Å². The molecule has 7 heteroatoms. The van der Waals surface area contributed by atoms with E-state index < -0.39 is 0 Å². The van der Waals surface area contributed by atoms with Crippen LogP contribution in [0.15, 0.2) is 28.9 Å². The fraction of sp³-hybridized carbons (Fsp3) is 0.429. The summed E-state index contributed by atoms with van der Waals surface area (Å²) in [6, 6.07) is 5.37. The lowest BCUT2D eigenvalue weighted by atomic mass is 10.3. The molecule has 0 atom stereocenters. The molecule has 2 heterocycles. The minimum absolute atomic E-state index is 0.0461. The largest absolute Gasteiger partial charge is 0.347 e. The molecule has 1 N–H and O–H groups in total. The number of nitrogens with one attached hydrogen (secondary N) is 1. The Bertz CT molecular complexity index is 566. The zero-order valence-corrected chi connectivity index (χ0v) is 12.2. The second kappa shape index (κ2) is 7.49. The molecule has 0 aliphatic rings. The highest BCUT2D eigenvalue weighted by molar-refractivity contribution is 5.89. The molecule has 0 bridgehead atoms. The Balaban J connectivity index is 1.91. The van der Waals surface area contributed by atoms with Gasteiger partial charge in [-0.05, 0) is 25.2 Å². The maximum atomic E-state index is 11.9. The first-order valence-corrected chi connectivity index (χ1v) is 7.00. The summed E-state index contributed by atoms with van der Waals surface area (Å²) in [5, 5.41) is 6.53. The van der Waals surface area contributed by atoms with Crippen LogP contribution in [-0.4, -0.2) is 52.1 Å². The van der Waals surface area contributed by atoms with Gasteiger partial charge in [0.1, 0.15) is 5.69 Å². The summed E-state index contributed by atoms with van der Waals surface area (Å²) in [6.45, 7) is 7.42. The highest BCUT2D eigenvalue weighted by Gasteiger charge is 2.16. The molecule has 1 amide bonds. The first-order chi connectivity index (χ1) is 10.2. The first-order valence-electron chi connectivity index (χ1n) is 7.00. The second-order valence-corrected chi connectivity index (χ2v) is 4.42. The number of hydrogen-bond donors (Lipinski definition) is 1. The van der Waals surface area contributed by atoms with Crippen LogP contribution >= 0.6 is 0 Å². The van der Waals surface area contributed by atoms with Gasteiger partial charge in [0.2, 0.25) is 5.82 Å². The summed E-state index contributed by atoms with van der Waals surface area (Å²) in [4.78, 5) is 22.3. The molecule has 0 aliphatic heterocycles. The van der Waals surface area contributed by atoms with Crippen LogP contribution in [0.25, 0.3) is 11.5 Å². The van der Waals surface area contributed by atoms with Crippen LogP contribution in [0.5, 0.6) is 0 Å². The summed E-state index contributed by atoms with van der Waals surface area (Å²) >= 11 is 0. The van der Waals surface area contributed by atoms with Gasteiger partial charge in [-0.2, -0.15) is 4.98 Å². The van der Waals surface area contributed by atoms with Gasteiger partial charge in [-0.25, -0.2) is 0 Å². The number of amides is 1. The minimum Gasteiger partial charge on any atom is -0.347 e. The molecule has 112 valence electrons. The fourth-order valence-electron chi connectivity index (χ4n) is 1.86. The molecule has 0 aliphatic carbocycles. The third kappa shape index (κ3) is 4.09. The van der Waals surface area contributed by atoms with Crippen molar-refractivity contribution < 1.29 is 9.32 Å². The second-order valence-electron chi connectivity index (χ2n) is 4.42. The van der Waals surface area contributed by atoms with Gasteiger partial charge >= 0.3 is 11.8 Å². The molecule has 0 saturated carbocycles. The number of carbonyl (C=O) groups excluding carboxylic acids is 1. The number of carbonyl (C=O) groups is 1. The predicted octanol–water partition coefficient (Wildman–Crippen LogP) is 1.20. The van der Waals surface area contributed by atoms with Crippen molar-refractivity contribution in [2.45, 2.75) is 13.8 Å². The summed E-state index contributed by atoms with van der Waals surface area (Å²) in [6.07, 6.45) is 1.63. The van der Waals surface area contributed by atoms with Gasteiger partial charge in [-0.15, -0.1) is 0 Å². The summed E-state index contributed by atoms with van der Waals surface area (Å²) in [7, 11) is 0. The Morgan fingerprint density at radius 3 is 2.81 bits per heavy atom. The Labute approximate surface area is 123 Å². The van der Waals surface area contributed by atoms with Crippen LogP contribution in [0.2, 0.25) is 0 Å². The zero-order valence-electron chi connectivity index (χ0n) is 12.2. The van der Waals surface area contributed by atoms with E-state index in [1.165, 1.54) is 0 Å². The molecule has 0 unspecified atom stereocenters. The van der Waals surface area contributed by atoms with E-state index in [9.17, 15) is 4.79 Å². The molecule has 0 aromatic carbocycles. The highest BCUT2D eigenvalue weighted by atomic mass is 16.5. The number of nitrogens with zero attached hydrogens (tertiary/aromatic N) is 4. The molecule has 0 saturated heterocycles. The number of hydrogen-bond acceptors (Lipinski definition) is 6. The molecule has 2 aromatic heterocycles. The van der Waals surface area contributed by atoms with E-state index in [4.69, 9.17) is 4.52 Å². The van der Waals surface area contributed by atoms with E-state index in [2.05, 4.69) is 39.2 Å². The normalized spacial score (nSPS) is 10.8. The maximum absolute atomic E-state index is 11.9. The van der Waals surface area contributed by atoms with Crippen LogP contribution in [-0.2, 0) is 0 Å². The average Bonchev–Trinajstić information content (AvgIpc) is 3.02. The quantitative estimate of drug-likeness (QED) is 0.824. The smallest absolute Gasteiger partial charge is 0.316 e. The molecule has 0 radical (unpaired) electrons. The number of rotatable bonds is 7. The summed E-state index contributed by atoms with van der Waals surface area (Å²) < 4.78 is 4.96. The Morgan fingerprint density at radius 2 is 2.14 bits per heavy atom. The van der Waals surface area contributed by atoms with Crippen LogP contribution in [0.4, 0.5) is 0 Å². The van der Waals surface area contributed by atoms with Crippen LogP contribution in [0, 0.1) is 0 Å². The number of aromatic nitrogens is 3. The first kappa shape index (κ1) is 15.1. The molecular weight excluding hydrogens is 270 g/mol. The van der Waals surface area contributed by atoms with Gasteiger partial charge in [-0.3, -0.25) is 9.78 Å². The molecule has 2 rings (SSSR count). The van der Waals surface area contributed by atoms with Crippen molar-refractivity contribution in [2.24, 2.45) is 0 Å². The van der Waals surface area contributed by atoms with E-state index in [0.717, 1.165) is 19.6 Å². The van der Waals surface area contributed by atoms with Gasteiger partial charge in [0.05, 0.1) is 0 Å². The van der Waals surface area contributed by atoms with Crippen molar-refractivity contribution in [1.29, 1.82) is 0 Å². The SMILES string of the molecule is CCN(CC)CCNC(=O)c1nc(-c2ccccn2)no1. The maximum Gasteiger partial charge on any atom is 0.316 e. The van der Waals surface area contributed by atoms with Crippen LogP contribution < -0.4 is 5.32 Å². The lowest BCUT2D eigenvalue weighted by molar-refractivity contribution is 0.0905. The third-order valence-corrected chi connectivity index (χ3v) is 3.12. The summed E-state index contributed by atoms with van der Waals surface area (Å²) in [5.41, 5.74) is 0.573. The van der Waals surface area contributed by atoms with E-state index in [1.807, 2.05) is 6.07 Å². The van der Waals surface area contributed by atoms with Gasteiger partial charge in [-0.1, -0.05) is 25.1 Å².